The van der Waals surface area contributed by atoms with E-state index in [1.54, 1.807) is 6.08 Å². The number of carbonyl (C=O) groups excluding carboxylic acids is 1. The van der Waals surface area contributed by atoms with Gasteiger partial charge in [0.1, 0.15) is 11.6 Å². The highest BCUT2D eigenvalue weighted by Gasteiger charge is 2.31. The Balaban J connectivity index is 1.75. The van der Waals surface area contributed by atoms with E-state index < -0.39 is 6.36 Å². The van der Waals surface area contributed by atoms with Crippen LogP contribution >= 0.6 is 0 Å². The van der Waals surface area contributed by atoms with Crippen molar-refractivity contribution in [3.05, 3.63) is 59.3 Å². The number of amides is 1. The Morgan fingerprint density at radius 3 is 2.61 bits per heavy atom. The summed E-state index contributed by atoms with van der Waals surface area (Å²) in [7, 11) is 0. The van der Waals surface area contributed by atoms with Gasteiger partial charge < -0.3 is 30.6 Å². The van der Waals surface area contributed by atoms with Crippen LogP contribution in [0, 0.1) is 5.41 Å². The van der Waals surface area contributed by atoms with Crippen molar-refractivity contribution in [3.8, 4) is 5.75 Å². The van der Waals surface area contributed by atoms with Gasteiger partial charge in [0.25, 0.3) is 0 Å². The van der Waals surface area contributed by atoms with Crippen LogP contribution < -0.4 is 15.4 Å². The lowest BCUT2D eigenvalue weighted by Crippen LogP contribution is -2.32. The molecule has 164 valence electrons. The van der Waals surface area contributed by atoms with Crippen LogP contribution in [0.2, 0.25) is 0 Å². The number of hydrogen-bond donors (Lipinski definition) is 4. The molecule has 1 aromatic heterocycles. The zero-order valence-corrected chi connectivity index (χ0v) is 16.1. The second-order valence-corrected chi connectivity index (χ2v) is 6.45. The number of rotatable bonds is 8. The molecule has 0 atom stereocenters. The molecule has 2 aromatic rings. The van der Waals surface area contributed by atoms with Gasteiger partial charge in [0.15, 0.2) is 0 Å². The summed E-state index contributed by atoms with van der Waals surface area (Å²) in [6.07, 6.45) is -1.72. The molecular weight excluding hydrogens is 417 g/mol. The molecule has 1 amide bonds. The van der Waals surface area contributed by atoms with Crippen molar-refractivity contribution in [2.24, 2.45) is 0 Å². The molecule has 0 bridgehead atoms. The van der Waals surface area contributed by atoms with Gasteiger partial charge in [-0.1, -0.05) is 0 Å². The fraction of sp³-hybridized carbons (Fsp3) is 0.250. The first-order chi connectivity index (χ1) is 14.8. The summed E-state index contributed by atoms with van der Waals surface area (Å²) in [4.78, 5) is 16.3. The normalized spacial score (nSPS) is 13.5. The molecule has 1 aliphatic heterocycles. The number of benzene rings is 1. The molecule has 8 nitrogen and oxygen atoms in total. The summed E-state index contributed by atoms with van der Waals surface area (Å²) in [5, 5.41) is 23.6. The minimum Gasteiger partial charge on any atom is -0.406 e. The molecule has 4 N–H and O–H groups in total. The third kappa shape index (κ3) is 6.03. The van der Waals surface area contributed by atoms with Gasteiger partial charge in [-0.2, -0.15) is 0 Å². The van der Waals surface area contributed by atoms with Crippen molar-refractivity contribution < 1.29 is 32.5 Å². The smallest absolute Gasteiger partial charge is 0.406 e. The summed E-state index contributed by atoms with van der Waals surface area (Å²) in [6.45, 7) is 0.0647. The Kier molecular flexibility index (Phi) is 6.88. The molecule has 1 aliphatic rings. The number of aliphatic hydroxyl groups is 1. The van der Waals surface area contributed by atoms with Crippen LogP contribution in [0.3, 0.4) is 0 Å². The molecule has 11 heteroatoms. The predicted molar refractivity (Wildman–Crippen MR) is 105 cm³/mol. The minimum absolute atomic E-state index is 0.00968. The quantitative estimate of drug-likeness (QED) is 0.473. The lowest BCUT2D eigenvalue weighted by Gasteiger charge is -2.16. The molecular formula is C20H19F3N4O4. The second kappa shape index (κ2) is 9.58. The molecule has 3 rings (SSSR count). The second-order valence-electron chi connectivity index (χ2n) is 6.45. The van der Waals surface area contributed by atoms with Crippen LogP contribution in [0.15, 0.2) is 48.2 Å². The van der Waals surface area contributed by atoms with Crippen LogP contribution in [0.4, 0.5) is 24.7 Å². The summed E-state index contributed by atoms with van der Waals surface area (Å²) < 4.78 is 45.9. The van der Waals surface area contributed by atoms with Crippen LogP contribution in [0.25, 0.3) is 0 Å². The Morgan fingerprint density at radius 2 is 2.00 bits per heavy atom. The Bertz CT molecular complexity index is 991. The van der Waals surface area contributed by atoms with Gasteiger partial charge in [-0.05, 0) is 42.0 Å². The third-order valence-electron chi connectivity index (χ3n) is 4.28. The van der Waals surface area contributed by atoms with Gasteiger partial charge in [0.05, 0.1) is 32.1 Å². The molecule has 31 heavy (non-hydrogen) atoms. The Morgan fingerprint density at radius 1 is 1.26 bits per heavy atom. The predicted octanol–water partition coefficient (Wildman–Crippen LogP) is 2.66. The van der Waals surface area contributed by atoms with Crippen LogP contribution in [0.1, 0.15) is 11.1 Å². The van der Waals surface area contributed by atoms with E-state index in [0.717, 1.165) is 12.1 Å². The molecule has 0 spiro atoms. The standard InChI is InChI=1S/C20H19F3N4O4/c21-20(22,23)31-15-3-1-14(2-4-15)27-18-17(12(10-28)5-7-25-18)16(24)9-26-19(29)13-6-8-30-11-13/h1-7,24,28H,8-11H2,(H,25,27)(H,26,29). The summed E-state index contributed by atoms with van der Waals surface area (Å²) in [6, 6.07) is 6.51. The van der Waals surface area contributed by atoms with E-state index in [2.05, 4.69) is 20.4 Å². The van der Waals surface area contributed by atoms with Crippen molar-refractivity contribution in [2.75, 3.05) is 25.1 Å². The van der Waals surface area contributed by atoms with E-state index in [9.17, 15) is 23.1 Å². The number of aromatic nitrogens is 1. The van der Waals surface area contributed by atoms with Crippen molar-refractivity contribution in [1.82, 2.24) is 10.3 Å². The Hall–Kier alpha value is -3.44. The van der Waals surface area contributed by atoms with E-state index in [-0.39, 0.29) is 48.5 Å². The van der Waals surface area contributed by atoms with Crippen LogP contribution in [-0.4, -0.2) is 47.8 Å². The van der Waals surface area contributed by atoms with E-state index in [4.69, 9.17) is 10.1 Å². The zero-order valence-electron chi connectivity index (χ0n) is 16.1. The van der Waals surface area contributed by atoms with Crippen LogP contribution in [0.5, 0.6) is 5.75 Å². The molecule has 0 fully saturated rings. The topological polar surface area (TPSA) is 117 Å². The lowest BCUT2D eigenvalue weighted by molar-refractivity contribution is -0.274. The highest BCUT2D eigenvalue weighted by Crippen LogP contribution is 2.27. The summed E-state index contributed by atoms with van der Waals surface area (Å²) in [5.74, 6) is -0.527. The number of pyridine rings is 1. The molecule has 0 radical (unpaired) electrons. The minimum atomic E-state index is -4.79. The summed E-state index contributed by atoms with van der Waals surface area (Å²) in [5.41, 5.74) is 1.53. The van der Waals surface area contributed by atoms with Gasteiger partial charge in [-0.25, -0.2) is 4.98 Å². The number of carbonyl (C=O) groups is 1. The van der Waals surface area contributed by atoms with E-state index in [0.29, 0.717) is 23.4 Å². The average molecular weight is 436 g/mol. The van der Waals surface area contributed by atoms with E-state index >= 15 is 0 Å². The van der Waals surface area contributed by atoms with Gasteiger partial charge in [0.2, 0.25) is 5.91 Å². The number of ether oxygens (including phenoxy) is 2. The van der Waals surface area contributed by atoms with Gasteiger partial charge in [0, 0.05) is 23.0 Å². The van der Waals surface area contributed by atoms with Crippen molar-refractivity contribution in [2.45, 2.75) is 13.0 Å². The number of hydrogen-bond acceptors (Lipinski definition) is 7. The van der Waals surface area contributed by atoms with E-state index in [1.165, 1.54) is 24.4 Å². The molecule has 0 aliphatic carbocycles. The fourth-order valence-corrected chi connectivity index (χ4v) is 2.86. The first kappa shape index (κ1) is 22.2. The SMILES string of the molecule is N=C(CNC(=O)C1=CCOC1)c1c(CO)ccnc1Nc1ccc(OC(F)(F)F)cc1. The number of halogens is 3. The number of nitrogens with zero attached hydrogens (tertiary/aromatic N) is 1. The van der Waals surface area contributed by atoms with Crippen LogP contribution in [-0.2, 0) is 16.1 Å². The maximum Gasteiger partial charge on any atom is 0.573 e. The zero-order chi connectivity index (χ0) is 22.4. The number of anilines is 2. The van der Waals surface area contributed by atoms with Gasteiger partial charge in [-0.15, -0.1) is 13.2 Å². The van der Waals surface area contributed by atoms with Gasteiger partial charge in [-0.3, -0.25) is 4.79 Å². The molecule has 0 saturated carbocycles. The van der Waals surface area contributed by atoms with E-state index in [1.807, 2.05) is 0 Å². The lowest BCUT2D eigenvalue weighted by atomic mass is 10.0. The molecule has 2 heterocycles. The number of aliphatic hydroxyl groups excluding tert-OH is 1. The molecule has 0 unspecified atom stereocenters. The van der Waals surface area contributed by atoms with Crippen molar-refractivity contribution >= 4 is 23.1 Å². The highest BCUT2D eigenvalue weighted by molar-refractivity contribution is 6.07. The maximum atomic E-state index is 12.3. The Labute approximate surface area is 175 Å². The number of alkyl halides is 3. The monoisotopic (exact) mass is 436 g/mol. The maximum absolute atomic E-state index is 12.3. The van der Waals surface area contributed by atoms with Crippen molar-refractivity contribution in [1.29, 1.82) is 5.41 Å². The molecule has 1 aromatic carbocycles. The van der Waals surface area contributed by atoms with Crippen molar-refractivity contribution in [3.63, 3.8) is 0 Å². The number of nitrogens with one attached hydrogen (secondary N) is 3. The highest BCUT2D eigenvalue weighted by atomic mass is 19.4. The first-order valence-electron chi connectivity index (χ1n) is 9.11. The van der Waals surface area contributed by atoms with Gasteiger partial charge >= 0.3 is 6.36 Å². The molecule has 0 saturated heterocycles. The largest absolute Gasteiger partial charge is 0.573 e. The first-order valence-corrected chi connectivity index (χ1v) is 9.11. The third-order valence-corrected chi connectivity index (χ3v) is 4.28. The average Bonchev–Trinajstić information content (AvgIpc) is 3.27. The summed E-state index contributed by atoms with van der Waals surface area (Å²) >= 11 is 0. The fourth-order valence-electron chi connectivity index (χ4n) is 2.86.